The van der Waals surface area contributed by atoms with Crippen molar-refractivity contribution in [3.63, 3.8) is 0 Å². The van der Waals surface area contributed by atoms with E-state index in [1.165, 1.54) is 13.8 Å². The highest BCUT2D eigenvalue weighted by atomic mass is 16.5. The summed E-state index contributed by atoms with van der Waals surface area (Å²) in [5, 5.41) is 32.9. The maximum absolute atomic E-state index is 13.5. The second-order valence-electron chi connectivity index (χ2n) is 9.14. The Kier molecular flexibility index (Phi) is 8.94. The van der Waals surface area contributed by atoms with Crippen LogP contribution >= 0.6 is 0 Å². The molecule has 33 heavy (non-hydrogen) atoms. The molecule has 0 saturated carbocycles. The molecule has 2 aliphatic heterocycles. The fourth-order valence-corrected chi connectivity index (χ4v) is 3.88. The molecule has 8 nitrogen and oxygen atoms in total. The molecule has 2 bridgehead atoms. The number of amides is 1. The SMILES string of the molecule is CC1=C\C[C@H](O)/C=C/C(C)=C/[C@@H](NC(=O)[C@H](C)O)[C@@]2(C)C(=O)O[C@H](C[C@H](O)\C=C\1)[C@@H](C)C2=O. The highest BCUT2D eigenvalue weighted by molar-refractivity contribution is 6.08. The number of ether oxygens (including phenoxy) is 1. The lowest BCUT2D eigenvalue weighted by Crippen LogP contribution is -2.61. The van der Waals surface area contributed by atoms with Crippen LogP contribution in [0.2, 0.25) is 0 Å². The summed E-state index contributed by atoms with van der Waals surface area (Å²) in [6, 6.07) is -1.09. The summed E-state index contributed by atoms with van der Waals surface area (Å²) < 4.78 is 5.61. The van der Waals surface area contributed by atoms with E-state index in [1.54, 1.807) is 44.2 Å². The fraction of sp³-hybridized carbons (Fsp3) is 0.560. The predicted octanol–water partition coefficient (Wildman–Crippen LogP) is 1.51. The van der Waals surface area contributed by atoms with E-state index in [9.17, 15) is 29.7 Å². The minimum atomic E-state index is -1.74. The zero-order valence-electron chi connectivity index (χ0n) is 19.8. The van der Waals surface area contributed by atoms with Crippen molar-refractivity contribution in [3.8, 4) is 0 Å². The summed E-state index contributed by atoms with van der Waals surface area (Å²) in [7, 11) is 0. The highest BCUT2D eigenvalue weighted by Gasteiger charge is 2.56. The van der Waals surface area contributed by atoms with Crippen LogP contribution in [0.4, 0.5) is 0 Å². The van der Waals surface area contributed by atoms with E-state index in [2.05, 4.69) is 5.32 Å². The minimum absolute atomic E-state index is 0.0439. The molecule has 0 radical (unpaired) electrons. The third kappa shape index (κ3) is 6.50. The van der Waals surface area contributed by atoms with Gasteiger partial charge in [0.2, 0.25) is 5.91 Å². The molecule has 0 aromatic carbocycles. The van der Waals surface area contributed by atoms with E-state index < -0.39 is 59.5 Å². The normalized spacial score (nSPS) is 39.8. The van der Waals surface area contributed by atoms with Gasteiger partial charge < -0.3 is 25.4 Å². The van der Waals surface area contributed by atoms with Crippen LogP contribution in [0.15, 0.2) is 47.6 Å². The number of Topliss-reactive ketones (excluding diaryl/α,β-unsaturated/α-hetero) is 1. The molecule has 1 saturated heterocycles. The molecule has 1 amide bonds. The number of hydrogen-bond donors (Lipinski definition) is 4. The molecule has 0 aromatic heterocycles. The lowest BCUT2D eigenvalue weighted by Gasteiger charge is -2.42. The van der Waals surface area contributed by atoms with Gasteiger partial charge in [-0.3, -0.25) is 14.4 Å². The zero-order valence-corrected chi connectivity index (χ0v) is 19.8. The number of aliphatic hydroxyl groups is 3. The van der Waals surface area contributed by atoms with Gasteiger partial charge in [-0.05, 0) is 34.1 Å². The van der Waals surface area contributed by atoms with E-state index in [0.29, 0.717) is 12.0 Å². The Morgan fingerprint density at radius 2 is 1.76 bits per heavy atom. The molecular formula is C25H35NO7. The summed E-state index contributed by atoms with van der Waals surface area (Å²) in [6.07, 6.45) is 6.38. The Hall–Kier alpha value is -2.55. The van der Waals surface area contributed by atoms with Crippen LogP contribution in [0, 0.1) is 11.3 Å². The van der Waals surface area contributed by atoms with Crippen molar-refractivity contribution < 1.29 is 34.4 Å². The maximum Gasteiger partial charge on any atom is 0.322 e. The molecular weight excluding hydrogens is 426 g/mol. The number of ketones is 1. The van der Waals surface area contributed by atoms with Gasteiger partial charge in [0.15, 0.2) is 5.78 Å². The number of nitrogens with one attached hydrogen (secondary N) is 1. The number of hydrogen-bond acceptors (Lipinski definition) is 7. The molecule has 4 N–H and O–H groups in total. The number of rotatable bonds is 2. The second kappa shape index (κ2) is 11.0. The zero-order chi connectivity index (χ0) is 24.9. The number of carbonyl (C=O) groups excluding carboxylic acids is 3. The monoisotopic (exact) mass is 461 g/mol. The van der Waals surface area contributed by atoms with Crippen molar-refractivity contribution in [1.29, 1.82) is 0 Å². The molecule has 0 unspecified atom stereocenters. The molecule has 1 fully saturated rings. The molecule has 3 rings (SSSR count). The maximum atomic E-state index is 13.5. The third-order valence-corrected chi connectivity index (χ3v) is 6.21. The largest absolute Gasteiger partial charge is 0.461 e. The van der Waals surface area contributed by atoms with Gasteiger partial charge in [-0.2, -0.15) is 0 Å². The van der Waals surface area contributed by atoms with Crippen molar-refractivity contribution in [2.24, 2.45) is 11.3 Å². The van der Waals surface area contributed by atoms with Gasteiger partial charge in [0.1, 0.15) is 17.6 Å². The number of allylic oxidation sites excluding steroid dienone is 4. The van der Waals surface area contributed by atoms with Gasteiger partial charge in [-0.1, -0.05) is 54.5 Å². The van der Waals surface area contributed by atoms with Gasteiger partial charge in [0.05, 0.1) is 24.2 Å². The lowest BCUT2D eigenvalue weighted by molar-refractivity contribution is -0.181. The number of carbonyl (C=O) groups is 3. The summed E-state index contributed by atoms with van der Waals surface area (Å²) in [6.45, 7) is 7.89. The van der Waals surface area contributed by atoms with Crippen molar-refractivity contribution >= 4 is 17.7 Å². The van der Waals surface area contributed by atoms with Crippen molar-refractivity contribution in [2.45, 2.75) is 77.9 Å². The summed E-state index contributed by atoms with van der Waals surface area (Å²) >= 11 is 0. The molecule has 7 atom stereocenters. The Morgan fingerprint density at radius 1 is 1.15 bits per heavy atom. The van der Waals surface area contributed by atoms with E-state index in [4.69, 9.17) is 4.74 Å². The second-order valence-corrected chi connectivity index (χ2v) is 9.14. The molecule has 8 heteroatoms. The van der Waals surface area contributed by atoms with Crippen molar-refractivity contribution in [3.05, 3.63) is 47.6 Å². The average Bonchev–Trinajstić information content (AvgIpc) is 2.75. The van der Waals surface area contributed by atoms with Crippen molar-refractivity contribution in [1.82, 2.24) is 5.32 Å². The molecule has 182 valence electrons. The van der Waals surface area contributed by atoms with Crippen LogP contribution < -0.4 is 5.32 Å². The summed E-state index contributed by atoms with van der Waals surface area (Å²) in [5.41, 5.74) is -0.292. The smallest absolute Gasteiger partial charge is 0.322 e. The molecule has 1 aliphatic carbocycles. The quantitative estimate of drug-likeness (QED) is 0.362. The topological polar surface area (TPSA) is 133 Å². The molecule has 0 aromatic rings. The van der Waals surface area contributed by atoms with E-state index in [1.807, 2.05) is 13.0 Å². The summed E-state index contributed by atoms with van der Waals surface area (Å²) in [5.74, 6) is -2.70. The van der Waals surface area contributed by atoms with Crippen LogP contribution in [0.25, 0.3) is 0 Å². The van der Waals surface area contributed by atoms with Crippen LogP contribution in [0.1, 0.15) is 47.5 Å². The number of aliphatic hydroxyl groups excluding tert-OH is 3. The number of esters is 1. The van der Waals surface area contributed by atoms with Crippen LogP contribution in [0.5, 0.6) is 0 Å². The van der Waals surface area contributed by atoms with Crippen LogP contribution in [-0.4, -0.2) is 63.4 Å². The first-order valence-corrected chi connectivity index (χ1v) is 11.2. The minimum Gasteiger partial charge on any atom is -0.461 e. The van der Waals surface area contributed by atoms with E-state index >= 15 is 0 Å². The highest BCUT2D eigenvalue weighted by Crippen LogP contribution is 2.38. The lowest BCUT2D eigenvalue weighted by atomic mass is 9.69. The Bertz CT molecular complexity index is 885. The Labute approximate surface area is 194 Å². The van der Waals surface area contributed by atoms with Crippen LogP contribution in [-0.2, 0) is 19.1 Å². The molecule has 3 aliphatic rings. The Morgan fingerprint density at radius 3 is 2.39 bits per heavy atom. The van der Waals surface area contributed by atoms with E-state index in [-0.39, 0.29) is 6.42 Å². The first-order valence-electron chi connectivity index (χ1n) is 11.2. The van der Waals surface area contributed by atoms with Gasteiger partial charge in [-0.25, -0.2) is 0 Å². The average molecular weight is 462 g/mol. The third-order valence-electron chi connectivity index (χ3n) is 6.21. The standard InChI is InChI=1S/C25H35NO7/c1-14-6-9-18(28)10-8-15(2)12-21(26-23(31)17(4)27)25(5)22(30)16(3)20(33-24(25)32)13-19(29)11-7-14/h6-8,10-12,16-21,27-29H,9,13H2,1-5H3,(H,26,31)/b10-8+,11-7+,14-6+,15-12+/t16-,17+,18+,19-,20-,21-,25-/m1/s1. The Balaban J connectivity index is 2.56. The molecule has 0 spiro atoms. The van der Waals surface area contributed by atoms with Gasteiger partial charge in [-0.15, -0.1) is 0 Å². The van der Waals surface area contributed by atoms with Crippen molar-refractivity contribution in [2.75, 3.05) is 0 Å². The first-order chi connectivity index (χ1) is 15.4. The predicted molar refractivity (Wildman–Crippen MR) is 123 cm³/mol. The van der Waals surface area contributed by atoms with Gasteiger partial charge >= 0.3 is 5.97 Å². The summed E-state index contributed by atoms with van der Waals surface area (Å²) in [4.78, 5) is 38.9. The van der Waals surface area contributed by atoms with Gasteiger partial charge in [0.25, 0.3) is 0 Å². The number of fused-ring (bicyclic) bond motifs is 10. The van der Waals surface area contributed by atoms with Crippen LogP contribution in [0.3, 0.4) is 0 Å². The molecule has 2 heterocycles. The van der Waals surface area contributed by atoms with Gasteiger partial charge in [0, 0.05) is 6.42 Å². The van der Waals surface area contributed by atoms with E-state index in [0.717, 1.165) is 5.57 Å². The fourth-order valence-electron chi connectivity index (χ4n) is 3.88. The first kappa shape index (κ1) is 26.7.